The zero-order valence-corrected chi connectivity index (χ0v) is 11.0. The summed E-state index contributed by atoms with van der Waals surface area (Å²) in [6, 6.07) is 6.25. The maximum atomic E-state index is 10.8. The highest BCUT2D eigenvalue weighted by Crippen LogP contribution is 2.21. The average molecular weight is 246 g/mol. The first-order valence-corrected chi connectivity index (χ1v) is 7.08. The minimum absolute atomic E-state index is 0.146. The van der Waals surface area contributed by atoms with Crippen molar-refractivity contribution in [1.82, 2.24) is 0 Å². The van der Waals surface area contributed by atoms with E-state index in [4.69, 9.17) is 5.11 Å². The summed E-state index contributed by atoms with van der Waals surface area (Å²) in [5.74, 6) is -0.741. The second-order valence-electron chi connectivity index (χ2n) is 5.29. The molecule has 0 saturated heterocycles. The van der Waals surface area contributed by atoms with Crippen LogP contribution in [0.3, 0.4) is 0 Å². The summed E-state index contributed by atoms with van der Waals surface area (Å²) in [5.41, 5.74) is 3.76. The minimum atomic E-state index is -0.741. The van der Waals surface area contributed by atoms with Gasteiger partial charge in [-0.2, -0.15) is 0 Å². The highest BCUT2D eigenvalue weighted by molar-refractivity contribution is 5.70. The van der Waals surface area contributed by atoms with Crippen LogP contribution in [0.15, 0.2) is 18.2 Å². The van der Waals surface area contributed by atoms with Gasteiger partial charge in [-0.15, -0.1) is 0 Å². The van der Waals surface area contributed by atoms with Gasteiger partial charge in [-0.3, -0.25) is 4.79 Å². The highest BCUT2D eigenvalue weighted by atomic mass is 16.4. The van der Waals surface area contributed by atoms with Gasteiger partial charge in [0.2, 0.25) is 0 Å². The fraction of sp³-hybridized carbons (Fsp3) is 0.562. The molecule has 0 saturated carbocycles. The van der Waals surface area contributed by atoms with E-state index in [1.165, 1.54) is 49.7 Å². The summed E-state index contributed by atoms with van der Waals surface area (Å²) in [7, 11) is 0. The first-order chi connectivity index (χ1) is 8.75. The molecule has 0 aliphatic heterocycles. The minimum Gasteiger partial charge on any atom is -0.481 e. The lowest BCUT2D eigenvalue weighted by Gasteiger charge is -2.13. The fourth-order valence-electron chi connectivity index (χ4n) is 2.78. The standard InChI is InChI=1S/C16H22O2/c17-16(18)12-13-9-10-14-7-5-3-1-2-4-6-8-15(14)11-13/h9-11H,1-8,12H2,(H,17,18). The van der Waals surface area contributed by atoms with Gasteiger partial charge in [0.1, 0.15) is 0 Å². The van der Waals surface area contributed by atoms with Crippen molar-refractivity contribution in [2.75, 3.05) is 0 Å². The zero-order chi connectivity index (χ0) is 12.8. The maximum absolute atomic E-state index is 10.8. The van der Waals surface area contributed by atoms with Crippen molar-refractivity contribution in [3.05, 3.63) is 34.9 Å². The molecule has 0 aromatic heterocycles. The van der Waals surface area contributed by atoms with Crippen LogP contribution in [0, 0.1) is 0 Å². The van der Waals surface area contributed by atoms with Gasteiger partial charge in [-0.05, 0) is 42.4 Å². The summed E-state index contributed by atoms with van der Waals surface area (Å²) in [6.07, 6.45) is 10.3. The van der Waals surface area contributed by atoms with Gasteiger partial charge < -0.3 is 5.11 Å². The Balaban J connectivity index is 2.15. The molecule has 0 amide bonds. The molecule has 2 rings (SSSR count). The average Bonchev–Trinajstić information content (AvgIpc) is 2.34. The Bertz CT molecular complexity index is 410. The van der Waals surface area contributed by atoms with Crippen LogP contribution < -0.4 is 0 Å². The van der Waals surface area contributed by atoms with Gasteiger partial charge in [0.15, 0.2) is 0 Å². The van der Waals surface area contributed by atoms with E-state index in [9.17, 15) is 4.79 Å². The third-order valence-electron chi connectivity index (χ3n) is 3.77. The first kappa shape index (κ1) is 13.1. The molecular weight excluding hydrogens is 224 g/mol. The molecule has 2 nitrogen and oxygen atoms in total. The SMILES string of the molecule is O=C(O)Cc1ccc2c(c1)CCCCCCCC2. The molecule has 0 bridgehead atoms. The lowest BCUT2D eigenvalue weighted by molar-refractivity contribution is -0.136. The molecular formula is C16H22O2. The number of hydrogen-bond donors (Lipinski definition) is 1. The molecule has 1 N–H and O–H groups in total. The monoisotopic (exact) mass is 246 g/mol. The Hall–Kier alpha value is -1.31. The summed E-state index contributed by atoms with van der Waals surface area (Å²) < 4.78 is 0. The third kappa shape index (κ3) is 3.86. The number of carboxylic acids is 1. The normalized spacial score (nSPS) is 16.9. The van der Waals surface area contributed by atoms with Gasteiger partial charge in [0, 0.05) is 0 Å². The Morgan fingerprint density at radius 2 is 1.56 bits per heavy atom. The van der Waals surface area contributed by atoms with Crippen LogP contribution in [0.4, 0.5) is 0 Å². The Labute approximate surface area is 109 Å². The Morgan fingerprint density at radius 1 is 0.944 bits per heavy atom. The fourth-order valence-corrected chi connectivity index (χ4v) is 2.78. The van der Waals surface area contributed by atoms with Crippen LogP contribution in [0.5, 0.6) is 0 Å². The summed E-state index contributed by atoms with van der Waals surface area (Å²) in [5, 5.41) is 8.85. The van der Waals surface area contributed by atoms with E-state index in [1.807, 2.05) is 6.07 Å². The number of aryl methyl sites for hydroxylation is 2. The summed E-state index contributed by atoms with van der Waals surface area (Å²) in [4.78, 5) is 10.8. The van der Waals surface area contributed by atoms with E-state index < -0.39 is 5.97 Å². The van der Waals surface area contributed by atoms with Crippen LogP contribution in [0.25, 0.3) is 0 Å². The molecule has 0 heterocycles. The van der Waals surface area contributed by atoms with E-state index in [0.717, 1.165) is 18.4 Å². The number of carboxylic acid groups (broad SMARTS) is 1. The van der Waals surface area contributed by atoms with Crippen LogP contribution in [0.2, 0.25) is 0 Å². The van der Waals surface area contributed by atoms with Gasteiger partial charge >= 0.3 is 5.97 Å². The van der Waals surface area contributed by atoms with Crippen LogP contribution in [0.1, 0.15) is 55.2 Å². The predicted octanol–water partition coefficient (Wildman–Crippen LogP) is 3.75. The molecule has 98 valence electrons. The van der Waals surface area contributed by atoms with Crippen molar-refractivity contribution in [2.24, 2.45) is 0 Å². The molecule has 0 unspecified atom stereocenters. The summed E-state index contributed by atoms with van der Waals surface area (Å²) >= 11 is 0. The molecule has 0 fully saturated rings. The predicted molar refractivity (Wildman–Crippen MR) is 72.9 cm³/mol. The molecule has 0 spiro atoms. The first-order valence-electron chi connectivity index (χ1n) is 7.08. The maximum Gasteiger partial charge on any atom is 0.307 e. The largest absolute Gasteiger partial charge is 0.481 e. The number of carbonyl (C=O) groups is 1. The molecule has 1 aromatic rings. The van der Waals surface area contributed by atoms with Gasteiger partial charge in [0.25, 0.3) is 0 Å². The molecule has 0 radical (unpaired) electrons. The highest BCUT2D eigenvalue weighted by Gasteiger charge is 2.08. The zero-order valence-electron chi connectivity index (χ0n) is 11.0. The van der Waals surface area contributed by atoms with Crippen molar-refractivity contribution in [1.29, 1.82) is 0 Å². The van der Waals surface area contributed by atoms with E-state index in [2.05, 4.69) is 12.1 Å². The van der Waals surface area contributed by atoms with E-state index >= 15 is 0 Å². The second-order valence-corrected chi connectivity index (χ2v) is 5.29. The number of aliphatic carboxylic acids is 1. The number of fused-ring (bicyclic) bond motifs is 1. The van der Waals surface area contributed by atoms with Gasteiger partial charge in [0.05, 0.1) is 6.42 Å². The van der Waals surface area contributed by atoms with E-state index in [-0.39, 0.29) is 6.42 Å². The van der Waals surface area contributed by atoms with Crippen molar-refractivity contribution < 1.29 is 9.90 Å². The topological polar surface area (TPSA) is 37.3 Å². The third-order valence-corrected chi connectivity index (χ3v) is 3.77. The molecule has 1 aliphatic rings. The van der Waals surface area contributed by atoms with Crippen LogP contribution in [-0.2, 0) is 24.1 Å². The number of hydrogen-bond acceptors (Lipinski definition) is 1. The molecule has 2 heteroatoms. The van der Waals surface area contributed by atoms with E-state index in [1.54, 1.807) is 0 Å². The van der Waals surface area contributed by atoms with Crippen LogP contribution in [-0.4, -0.2) is 11.1 Å². The Morgan fingerprint density at radius 3 is 2.22 bits per heavy atom. The van der Waals surface area contributed by atoms with E-state index in [0.29, 0.717) is 0 Å². The van der Waals surface area contributed by atoms with Crippen molar-refractivity contribution in [3.8, 4) is 0 Å². The van der Waals surface area contributed by atoms with Crippen LogP contribution >= 0.6 is 0 Å². The van der Waals surface area contributed by atoms with Gasteiger partial charge in [-0.1, -0.05) is 43.9 Å². The number of benzene rings is 1. The number of rotatable bonds is 2. The second kappa shape index (κ2) is 6.58. The van der Waals surface area contributed by atoms with Gasteiger partial charge in [-0.25, -0.2) is 0 Å². The lowest BCUT2D eigenvalue weighted by atomic mass is 9.92. The van der Waals surface area contributed by atoms with Crippen molar-refractivity contribution in [3.63, 3.8) is 0 Å². The van der Waals surface area contributed by atoms with Crippen molar-refractivity contribution in [2.45, 2.75) is 57.8 Å². The molecule has 18 heavy (non-hydrogen) atoms. The summed E-state index contributed by atoms with van der Waals surface area (Å²) in [6.45, 7) is 0. The Kier molecular flexibility index (Phi) is 4.80. The molecule has 1 aromatic carbocycles. The molecule has 1 aliphatic carbocycles. The van der Waals surface area contributed by atoms with Crippen molar-refractivity contribution >= 4 is 5.97 Å². The molecule has 0 atom stereocenters. The quantitative estimate of drug-likeness (QED) is 0.862. The lowest BCUT2D eigenvalue weighted by Crippen LogP contribution is -2.03. The smallest absolute Gasteiger partial charge is 0.307 e.